The van der Waals surface area contributed by atoms with E-state index in [0.29, 0.717) is 22.9 Å². The van der Waals surface area contributed by atoms with Gasteiger partial charge in [-0.3, -0.25) is 4.79 Å². The van der Waals surface area contributed by atoms with Gasteiger partial charge in [-0.05, 0) is 42.8 Å². The zero-order chi connectivity index (χ0) is 17.6. The van der Waals surface area contributed by atoms with E-state index in [0.717, 1.165) is 11.3 Å². The first-order valence-corrected chi connectivity index (χ1v) is 8.30. The fourth-order valence-electron chi connectivity index (χ4n) is 2.31. The average molecular weight is 352 g/mol. The third-order valence-electron chi connectivity index (χ3n) is 3.70. The number of aromatic nitrogens is 1. The summed E-state index contributed by atoms with van der Waals surface area (Å²) in [6.45, 7) is 2.52. The summed E-state index contributed by atoms with van der Waals surface area (Å²) in [5.41, 5.74) is 3.62. The minimum absolute atomic E-state index is 0.151. The third kappa shape index (κ3) is 4.81. The van der Waals surface area contributed by atoms with E-state index in [9.17, 15) is 4.79 Å². The highest BCUT2D eigenvalue weighted by atomic mass is 35.5. The molecule has 3 rings (SSSR count). The van der Waals surface area contributed by atoms with Crippen molar-refractivity contribution >= 4 is 29.0 Å². The van der Waals surface area contributed by atoms with Crippen LogP contribution in [0.3, 0.4) is 0 Å². The molecule has 0 saturated heterocycles. The number of hydrogen-bond acceptors (Lipinski definition) is 3. The van der Waals surface area contributed by atoms with Crippen LogP contribution in [0.5, 0.6) is 0 Å². The number of amides is 1. The van der Waals surface area contributed by atoms with Crippen molar-refractivity contribution in [2.75, 3.05) is 5.32 Å². The van der Waals surface area contributed by atoms with Crippen LogP contribution >= 0.6 is 11.6 Å². The van der Waals surface area contributed by atoms with Crippen molar-refractivity contribution in [3.63, 3.8) is 0 Å². The van der Waals surface area contributed by atoms with Gasteiger partial charge in [0.1, 0.15) is 5.82 Å². The minimum atomic E-state index is -0.151. The Balaban J connectivity index is 1.59. The molecule has 1 aromatic heterocycles. The average Bonchev–Trinajstić information content (AvgIpc) is 2.62. The molecule has 0 spiro atoms. The molecule has 0 atom stereocenters. The van der Waals surface area contributed by atoms with Crippen molar-refractivity contribution in [3.05, 3.63) is 88.6 Å². The fourth-order valence-corrected chi connectivity index (χ4v) is 2.50. The normalized spacial score (nSPS) is 10.3. The van der Waals surface area contributed by atoms with Gasteiger partial charge in [0.05, 0.1) is 5.56 Å². The first-order chi connectivity index (χ1) is 12.1. The van der Waals surface area contributed by atoms with Gasteiger partial charge >= 0.3 is 0 Å². The van der Waals surface area contributed by atoms with Gasteiger partial charge in [0.15, 0.2) is 0 Å². The lowest BCUT2D eigenvalue weighted by Gasteiger charge is -2.08. The Morgan fingerprint density at radius 2 is 1.88 bits per heavy atom. The number of halogens is 1. The molecule has 0 fully saturated rings. The molecule has 2 aromatic carbocycles. The SMILES string of the molecule is Cc1ccc(CNC(=O)c2ccc(Nc3cccc(Cl)c3)nc2)cc1. The van der Waals surface area contributed by atoms with Crippen LogP contribution in [-0.4, -0.2) is 10.9 Å². The molecule has 0 aliphatic heterocycles. The second-order valence-electron chi connectivity index (χ2n) is 5.74. The lowest BCUT2D eigenvalue weighted by atomic mass is 10.1. The quantitative estimate of drug-likeness (QED) is 0.699. The molecule has 0 radical (unpaired) electrons. The van der Waals surface area contributed by atoms with Gasteiger partial charge < -0.3 is 10.6 Å². The van der Waals surface area contributed by atoms with Gasteiger partial charge in [0, 0.05) is 23.5 Å². The number of carbonyl (C=O) groups is 1. The zero-order valence-corrected chi connectivity index (χ0v) is 14.5. The van der Waals surface area contributed by atoms with Crippen molar-refractivity contribution in [3.8, 4) is 0 Å². The molecule has 1 amide bonds. The Kier molecular flexibility index (Phi) is 5.31. The maximum Gasteiger partial charge on any atom is 0.253 e. The summed E-state index contributed by atoms with van der Waals surface area (Å²) < 4.78 is 0. The summed E-state index contributed by atoms with van der Waals surface area (Å²) in [7, 11) is 0. The van der Waals surface area contributed by atoms with Crippen molar-refractivity contribution in [2.24, 2.45) is 0 Å². The fraction of sp³-hybridized carbons (Fsp3) is 0.100. The summed E-state index contributed by atoms with van der Waals surface area (Å²) in [5.74, 6) is 0.500. The molecule has 0 unspecified atom stereocenters. The summed E-state index contributed by atoms with van der Waals surface area (Å²) in [6, 6.07) is 18.9. The van der Waals surface area contributed by atoms with Gasteiger partial charge in [0.25, 0.3) is 5.91 Å². The Morgan fingerprint density at radius 1 is 1.08 bits per heavy atom. The standard InChI is InChI=1S/C20H18ClN3O/c1-14-5-7-15(8-6-14)12-23-20(25)16-9-10-19(22-13-16)24-18-4-2-3-17(21)11-18/h2-11,13H,12H2,1H3,(H,22,24)(H,23,25). The zero-order valence-electron chi connectivity index (χ0n) is 13.8. The summed E-state index contributed by atoms with van der Waals surface area (Å²) in [4.78, 5) is 16.5. The Labute approximate surface area is 151 Å². The number of nitrogens with one attached hydrogen (secondary N) is 2. The van der Waals surface area contributed by atoms with Crippen LogP contribution in [0.2, 0.25) is 5.02 Å². The van der Waals surface area contributed by atoms with Crippen LogP contribution in [0.4, 0.5) is 11.5 Å². The summed E-state index contributed by atoms with van der Waals surface area (Å²) >= 11 is 5.96. The highest BCUT2D eigenvalue weighted by Gasteiger charge is 2.06. The monoisotopic (exact) mass is 351 g/mol. The highest BCUT2D eigenvalue weighted by molar-refractivity contribution is 6.30. The molecule has 3 aromatic rings. The number of rotatable bonds is 5. The second kappa shape index (κ2) is 7.81. The van der Waals surface area contributed by atoms with E-state index in [-0.39, 0.29) is 5.91 Å². The predicted octanol–water partition coefficient (Wildman–Crippen LogP) is 4.72. The maximum atomic E-state index is 12.2. The number of hydrogen-bond donors (Lipinski definition) is 2. The molecule has 126 valence electrons. The topological polar surface area (TPSA) is 54.0 Å². The van der Waals surface area contributed by atoms with Gasteiger partial charge in [-0.1, -0.05) is 47.5 Å². The van der Waals surface area contributed by atoms with Crippen molar-refractivity contribution in [1.82, 2.24) is 10.3 Å². The molecule has 2 N–H and O–H groups in total. The number of pyridine rings is 1. The first-order valence-electron chi connectivity index (χ1n) is 7.92. The number of anilines is 2. The van der Waals surface area contributed by atoms with Crippen molar-refractivity contribution < 1.29 is 4.79 Å². The number of aryl methyl sites for hydroxylation is 1. The minimum Gasteiger partial charge on any atom is -0.348 e. The molecule has 0 aliphatic rings. The van der Waals surface area contributed by atoms with E-state index in [4.69, 9.17) is 11.6 Å². The van der Waals surface area contributed by atoms with E-state index in [2.05, 4.69) is 15.6 Å². The van der Waals surface area contributed by atoms with E-state index in [1.54, 1.807) is 18.3 Å². The summed E-state index contributed by atoms with van der Waals surface area (Å²) in [6.07, 6.45) is 1.55. The summed E-state index contributed by atoms with van der Waals surface area (Å²) in [5, 5.41) is 6.69. The van der Waals surface area contributed by atoms with E-state index < -0.39 is 0 Å². The van der Waals surface area contributed by atoms with E-state index >= 15 is 0 Å². The molecule has 4 nitrogen and oxygen atoms in total. The van der Waals surface area contributed by atoms with E-state index in [1.165, 1.54) is 5.56 Å². The molecule has 0 bridgehead atoms. The number of carbonyl (C=O) groups excluding carboxylic acids is 1. The smallest absolute Gasteiger partial charge is 0.253 e. The largest absolute Gasteiger partial charge is 0.348 e. The van der Waals surface area contributed by atoms with Crippen LogP contribution in [0, 0.1) is 6.92 Å². The van der Waals surface area contributed by atoms with Crippen LogP contribution < -0.4 is 10.6 Å². The van der Waals surface area contributed by atoms with Gasteiger partial charge in [0.2, 0.25) is 0 Å². The Bertz CT molecular complexity index is 861. The number of nitrogens with zero attached hydrogens (tertiary/aromatic N) is 1. The van der Waals surface area contributed by atoms with Crippen LogP contribution in [0.1, 0.15) is 21.5 Å². The van der Waals surface area contributed by atoms with Crippen LogP contribution in [0.25, 0.3) is 0 Å². The lowest BCUT2D eigenvalue weighted by Crippen LogP contribution is -2.22. The highest BCUT2D eigenvalue weighted by Crippen LogP contribution is 2.18. The molecule has 0 aliphatic carbocycles. The molecular formula is C20H18ClN3O. The Hall–Kier alpha value is -2.85. The Morgan fingerprint density at radius 3 is 2.56 bits per heavy atom. The van der Waals surface area contributed by atoms with Crippen LogP contribution in [0.15, 0.2) is 66.9 Å². The van der Waals surface area contributed by atoms with Gasteiger partial charge in [-0.2, -0.15) is 0 Å². The van der Waals surface area contributed by atoms with Crippen molar-refractivity contribution in [2.45, 2.75) is 13.5 Å². The lowest BCUT2D eigenvalue weighted by molar-refractivity contribution is 0.0950. The first kappa shape index (κ1) is 17.0. The molecule has 1 heterocycles. The van der Waals surface area contributed by atoms with Crippen LogP contribution in [-0.2, 0) is 6.54 Å². The van der Waals surface area contributed by atoms with Crippen molar-refractivity contribution in [1.29, 1.82) is 0 Å². The number of benzene rings is 2. The predicted molar refractivity (Wildman–Crippen MR) is 101 cm³/mol. The molecular weight excluding hydrogens is 334 g/mol. The van der Waals surface area contributed by atoms with Gasteiger partial charge in [-0.25, -0.2) is 4.98 Å². The molecule has 0 saturated carbocycles. The van der Waals surface area contributed by atoms with E-state index in [1.807, 2.05) is 55.5 Å². The van der Waals surface area contributed by atoms with Gasteiger partial charge in [-0.15, -0.1) is 0 Å². The third-order valence-corrected chi connectivity index (χ3v) is 3.93. The second-order valence-corrected chi connectivity index (χ2v) is 6.17. The molecule has 25 heavy (non-hydrogen) atoms. The molecule has 5 heteroatoms. The maximum absolute atomic E-state index is 12.2.